The molecule has 3 aromatic rings. The molecule has 2 aliphatic rings. The monoisotopic (exact) mass is 450 g/mol. The molecule has 0 nitrogen and oxygen atoms in total. The standard InChI is InChI=1S/C34H42/c1-3-26(2)28-18-16-27(17-19-28)24-32(25-30-21-20-29-12-8-9-15-33(29)30)34(22-10-5-11-23-34)31-13-6-4-7-14-31/h4,6-9,12-19,26,30,32H,3,5,10-11,20-25H2,1-2H3. The highest BCUT2D eigenvalue weighted by Gasteiger charge is 2.42. The van der Waals surface area contributed by atoms with E-state index in [4.69, 9.17) is 0 Å². The molecule has 3 aromatic carbocycles. The molecule has 0 spiro atoms. The molecule has 2 aliphatic carbocycles. The number of fused-ring (bicyclic) bond motifs is 1. The van der Waals surface area contributed by atoms with Gasteiger partial charge in [-0.15, -0.1) is 0 Å². The Balaban J connectivity index is 1.50. The van der Waals surface area contributed by atoms with Crippen molar-refractivity contribution in [3.8, 4) is 0 Å². The van der Waals surface area contributed by atoms with E-state index in [9.17, 15) is 0 Å². The summed E-state index contributed by atoms with van der Waals surface area (Å²) in [6.07, 6.45) is 13.2. The van der Waals surface area contributed by atoms with E-state index in [-0.39, 0.29) is 0 Å². The molecule has 0 heterocycles. The molecule has 0 heteroatoms. The molecule has 0 saturated heterocycles. The van der Waals surface area contributed by atoms with Crippen LogP contribution in [0.15, 0.2) is 78.9 Å². The smallest absolute Gasteiger partial charge is 0.00154 e. The van der Waals surface area contributed by atoms with Gasteiger partial charge in [0.2, 0.25) is 0 Å². The number of rotatable bonds is 8. The van der Waals surface area contributed by atoms with Crippen molar-refractivity contribution in [2.24, 2.45) is 5.92 Å². The predicted molar refractivity (Wildman–Crippen MR) is 146 cm³/mol. The van der Waals surface area contributed by atoms with Crippen LogP contribution in [-0.2, 0) is 18.3 Å². The largest absolute Gasteiger partial charge is 0.0648 e. The van der Waals surface area contributed by atoms with Crippen molar-refractivity contribution in [3.63, 3.8) is 0 Å². The highest BCUT2D eigenvalue weighted by atomic mass is 14.5. The van der Waals surface area contributed by atoms with Crippen LogP contribution in [0.25, 0.3) is 0 Å². The fourth-order valence-corrected chi connectivity index (χ4v) is 7.13. The Morgan fingerprint density at radius 3 is 2.26 bits per heavy atom. The summed E-state index contributed by atoms with van der Waals surface area (Å²) in [6, 6.07) is 30.6. The highest BCUT2D eigenvalue weighted by Crippen LogP contribution is 2.51. The quantitative estimate of drug-likeness (QED) is 0.320. The molecule has 34 heavy (non-hydrogen) atoms. The summed E-state index contributed by atoms with van der Waals surface area (Å²) >= 11 is 0. The normalized spacial score (nSPS) is 21.1. The molecule has 1 fully saturated rings. The van der Waals surface area contributed by atoms with Crippen molar-refractivity contribution in [2.75, 3.05) is 0 Å². The lowest BCUT2D eigenvalue weighted by molar-refractivity contribution is 0.170. The average molecular weight is 451 g/mol. The molecule has 0 N–H and O–H groups in total. The SMILES string of the molecule is CCC(C)c1ccc(CC(CC2CCc3ccccc32)C2(c3ccccc3)CCCCC2)cc1. The Kier molecular flexibility index (Phi) is 7.23. The number of hydrogen-bond donors (Lipinski definition) is 0. The minimum Gasteiger partial charge on any atom is -0.0648 e. The van der Waals surface area contributed by atoms with Gasteiger partial charge in [0.05, 0.1) is 0 Å². The number of hydrogen-bond acceptors (Lipinski definition) is 0. The first-order chi connectivity index (χ1) is 16.7. The first kappa shape index (κ1) is 23.4. The lowest BCUT2D eigenvalue weighted by Crippen LogP contribution is -2.39. The third kappa shape index (κ3) is 4.74. The van der Waals surface area contributed by atoms with Gasteiger partial charge in [0.25, 0.3) is 0 Å². The molecular formula is C34H42. The fraction of sp³-hybridized carbons (Fsp3) is 0.471. The van der Waals surface area contributed by atoms with E-state index in [1.165, 1.54) is 75.3 Å². The summed E-state index contributed by atoms with van der Waals surface area (Å²) in [5.74, 6) is 2.04. The lowest BCUT2D eigenvalue weighted by Gasteiger charge is -2.46. The molecule has 1 saturated carbocycles. The lowest BCUT2D eigenvalue weighted by atomic mass is 9.58. The summed E-state index contributed by atoms with van der Waals surface area (Å²) in [7, 11) is 0. The van der Waals surface area contributed by atoms with Gasteiger partial charge in [-0.25, -0.2) is 0 Å². The second-order valence-electron chi connectivity index (χ2n) is 11.2. The van der Waals surface area contributed by atoms with Crippen molar-refractivity contribution in [3.05, 3.63) is 107 Å². The van der Waals surface area contributed by atoms with E-state index in [0.717, 1.165) is 0 Å². The zero-order chi connectivity index (χ0) is 23.4. The molecule has 0 amide bonds. The zero-order valence-corrected chi connectivity index (χ0v) is 21.3. The first-order valence-corrected chi connectivity index (χ1v) is 13.9. The Labute approximate surface area is 207 Å². The Hall–Kier alpha value is -2.34. The van der Waals surface area contributed by atoms with E-state index >= 15 is 0 Å². The maximum Gasteiger partial charge on any atom is -0.00154 e. The van der Waals surface area contributed by atoms with Gasteiger partial charge < -0.3 is 0 Å². The first-order valence-electron chi connectivity index (χ1n) is 13.9. The van der Waals surface area contributed by atoms with Crippen LogP contribution >= 0.6 is 0 Å². The maximum absolute atomic E-state index is 2.44. The maximum atomic E-state index is 2.44. The summed E-state index contributed by atoms with van der Waals surface area (Å²) in [4.78, 5) is 0. The molecule has 0 radical (unpaired) electrons. The van der Waals surface area contributed by atoms with Crippen LogP contribution in [0.5, 0.6) is 0 Å². The Morgan fingerprint density at radius 1 is 0.824 bits per heavy atom. The van der Waals surface area contributed by atoms with Crippen molar-refractivity contribution in [1.82, 2.24) is 0 Å². The minimum atomic E-state index is 0.312. The van der Waals surface area contributed by atoms with Gasteiger partial charge >= 0.3 is 0 Å². The second kappa shape index (κ2) is 10.5. The Morgan fingerprint density at radius 2 is 1.53 bits per heavy atom. The van der Waals surface area contributed by atoms with Crippen LogP contribution < -0.4 is 0 Å². The van der Waals surface area contributed by atoms with Gasteiger partial charge in [-0.1, -0.05) is 112 Å². The van der Waals surface area contributed by atoms with Crippen molar-refractivity contribution in [1.29, 1.82) is 0 Å². The second-order valence-corrected chi connectivity index (χ2v) is 11.2. The molecule has 178 valence electrons. The summed E-state index contributed by atoms with van der Waals surface area (Å²) in [6.45, 7) is 4.64. The third-order valence-electron chi connectivity index (χ3n) is 9.35. The number of aryl methyl sites for hydroxylation is 1. The van der Waals surface area contributed by atoms with Crippen LogP contribution in [0.1, 0.15) is 105 Å². The van der Waals surface area contributed by atoms with Crippen LogP contribution in [0.2, 0.25) is 0 Å². The number of benzene rings is 3. The summed E-state index contributed by atoms with van der Waals surface area (Å²) in [5.41, 5.74) is 8.17. The molecule has 5 rings (SSSR count). The van der Waals surface area contributed by atoms with E-state index in [2.05, 4.69) is 92.7 Å². The van der Waals surface area contributed by atoms with E-state index in [1.54, 1.807) is 16.7 Å². The van der Waals surface area contributed by atoms with E-state index < -0.39 is 0 Å². The molecule has 0 bridgehead atoms. The molecule has 0 aromatic heterocycles. The molecule has 0 aliphatic heterocycles. The third-order valence-corrected chi connectivity index (χ3v) is 9.35. The zero-order valence-electron chi connectivity index (χ0n) is 21.3. The van der Waals surface area contributed by atoms with Gasteiger partial charge in [0.15, 0.2) is 0 Å². The minimum absolute atomic E-state index is 0.312. The summed E-state index contributed by atoms with van der Waals surface area (Å²) < 4.78 is 0. The Bertz CT molecular complexity index is 1040. The molecule has 3 unspecified atom stereocenters. The fourth-order valence-electron chi connectivity index (χ4n) is 7.13. The molecular weight excluding hydrogens is 408 g/mol. The van der Waals surface area contributed by atoms with Gasteiger partial charge in [0.1, 0.15) is 0 Å². The average Bonchev–Trinajstić information content (AvgIpc) is 3.32. The predicted octanol–water partition coefficient (Wildman–Crippen LogP) is 9.38. The van der Waals surface area contributed by atoms with Gasteiger partial charge in [-0.2, -0.15) is 0 Å². The van der Waals surface area contributed by atoms with Gasteiger partial charge in [0, 0.05) is 0 Å². The van der Waals surface area contributed by atoms with Gasteiger partial charge in [-0.05, 0) is 95.9 Å². The van der Waals surface area contributed by atoms with Crippen molar-refractivity contribution in [2.45, 2.75) is 95.3 Å². The molecule has 3 atom stereocenters. The van der Waals surface area contributed by atoms with E-state index in [1.807, 2.05) is 0 Å². The van der Waals surface area contributed by atoms with Gasteiger partial charge in [-0.3, -0.25) is 0 Å². The summed E-state index contributed by atoms with van der Waals surface area (Å²) in [5, 5.41) is 0. The van der Waals surface area contributed by atoms with E-state index in [0.29, 0.717) is 23.2 Å². The van der Waals surface area contributed by atoms with Crippen LogP contribution in [-0.4, -0.2) is 0 Å². The van der Waals surface area contributed by atoms with Crippen molar-refractivity contribution >= 4 is 0 Å². The topological polar surface area (TPSA) is 0 Å². The van der Waals surface area contributed by atoms with Crippen molar-refractivity contribution < 1.29 is 0 Å². The van der Waals surface area contributed by atoms with Crippen LogP contribution in [0.3, 0.4) is 0 Å². The highest BCUT2D eigenvalue weighted by molar-refractivity contribution is 5.36. The van der Waals surface area contributed by atoms with Crippen LogP contribution in [0, 0.1) is 5.92 Å². The van der Waals surface area contributed by atoms with Crippen LogP contribution in [0.4, 0.5) is 0 Å².